The number of nitrogens with zero attached hydrogens (tertiary/aromatic N) is 3. The molecule has 0 unspecified atom stereocenters. The van der Waals surface area contributed by atoms with Crippen LogP contribution in [0.1, 0.15) is 34.2 Å². The number of nitrogens with one attached hydrogen (secondary N) is 2. The SMILES string of the molecule is CCc1cccc(NC(=O)N2CCn3nc(C(=O)NCc4ccccc4)cc3C2)c1. The average molecular weight is 403 g/mol. The van der Waals surface area contributed by atoms with Crippen LogP contribution in [0.15, 0.2) is 60.7 Å². The average Bonchev–Trinajstić information content (AvgIpc) is 3.22. The third-order valence-electron chi connectivity index (χ3n) is 5.20. The van der Waals surface area contributed by atoms with E-state index in [2.05, 4.69) is 22.7 Å². The predicted molar refractivity (Wildman–Crippen MR) is 115 cm³/mol. The molecule has 0 aliphatic carbocycles. The first-order valence-corrected chi connectivity index (χ1v) is 10.2. The largest absolute Gasteiger partial charge is 0.347 e. The zero-order valence-corrected chi connectivity index (χ0v) is 17.0. The molecule has 3 amide bonds. The molecule has 4 rings (SSSR count). The Bertz CT molecular complexity index is 1040. The minimum absolute atomic E-state index is 0.147. The van der Waals surface area contributed by atoms with Crippen LogP contribution < -0.4 is 10.6 Å². The highest BCUT2D eigenvalue weighted by molar-refractivity contribution is 5.92. The molecule has 0 atom stereocenters. The molecule has 0 saturated carbocycles. The van der Waals surface area contributed by atoms with Crippen molar-refractivity contribution in [1.82, 2.24) is 20.0 Å². The van der Waals surface area contributed by atoms with Gasteiger partial charge in [0.1, 0.15) is 0 Å². The molecule has 2 heterocycles. The molecule has 0 bridgehead atoms. The van der Waals surface area contributed by atoms with Crippen molar-refractivity contribution in [2.24, 2.45) is 0 Å². The van der Waals surface area contributed by atoms with Gasteiger partial charge >= 0.3 is 6.03 Å². The van der Waals surface area contributed by atoms with Gasteiger partial charge in [-0.25, -0.2) is 4.79 Å². The standard InChI is InChI=1S/C23H25N5O2/c1-2-17-9-6-10-19(13-17)25-23(30)27-11-12-28-20(16-27)14-21(26-28)22(29)24-15-18-7-4-3-5-8-18/h3-10,13-14H,2,11-12,15-16H2,1H3,(H,24,29)(H,25,30). The van der Waals surface area contributed by atoms with E-state index in [0.29, 0.717) is 31.9 Å². The summed E-state index contributed by atoms with van der Waals surface area (Å²) in [6, 6.07) is 19.2. The molecule has 7 nitrogen and oxygen atoms in total. The number of aryl methyl sites for hydroxylation is 1. The lowest BCUT2D eigenvalue weighted by atomic mass is 10.1. The summed E-state index contributed by atoms with van der Waals surface area (Å²) in [6.45, 7) is 4.05. The van der Waals surface area contributed by atoms with E-state index < -0.39 is 0 Å². The minimum atomic E-state index is -0.215. The molecule has 1 aromatic heterocycles. The maximum Gasteiger partial charge on any atom is 0.322 e. The lowest BCUT2D eigenvalue weighted by Crippen LogP contribution is -2.40. The number of carbonyl (C=O) groups is 2. The van der Waals surface area contributed by atoms with E-state index in [4.69, 9.17) is 0 Å². The zero-order valence-electron chi connectivity index (χ0n) is 17.0. The monoisotopic (exact) mass is 403 g/mol. The normalized spacial score (nSPS) is 12.9. The van der Waals surface area contributed by atoms with E-state index in [9.17, 15) is 9.59 Å². The van der Waals surface area contributed by atoms with Crippen molar-refractivity contribution in [2.45, 2.75) is 33.0 Å². The van der Waals surface area contributed by atoms with Crippen molar-refractivity contribution >= 4 is 17.6 Å². The molecule has 2 aromatic carbocycles. The minimum Gasteiger partial charge on any atom is -0.347 e. The van der Waals surface area contributed by atoms with Gasteiger partial charge < -0.3 is 15.5 Å². The molecule has 0 fully saturated rings. The summed E-state index contributed by atoms with van der Waals surface area (Å²) in [5, 5.41) is 10.3. The molecule has 30 heavy (non-hydrogen) atoms. The Morgan fingerprint density at radius 1 is 1.00 bits per heavy atom. The van der Waals surface area contributed by atoms with Gasteiger partial charge in [-0.2, -0.15) is 5.10 Å². The van der Waals surface area contributed by atoms with Crippen molar-refractivity contribution in [3.8, 4) is 0 Å². The fourth-order valence-corrected chi connectivity index (χ4v) is 3.49. The van der Waals surface area contributed by atoms with Crippen LogP contribution in [-0.4, -0.2) is 33.2 Å². The van der Waals surface area contributed by atoms with Crippen molar-refractivity contribution in [3.63, 3.8) is 0 Å². The van der Waals surface area contributed by atoms with Crippen molar-refractivity contribution in [3.05, 3.63) is 83.2 Å². The quantitative estimate of drug-likeness (QED) is 0.685. The Morgan fingerprint density at radius 2 is 1.80 bits per heavy atom. The fraction of sp³-hybridized carbons (Fsp3) is 0.261. The lowest BCUT2D eigenvalue weighted by molar-refractivity contribution is 0.0944. The van der Waals surface area contributed by atoms with Crippen LogP contribution in [0.25, 0.3) is 0 Å². The number of aromatic nitrogens is 2. The van der Waals surface area contributed by atoms with E-state index in [-0.39, 0.29) is 11.9 Å². The first-order valence-electron chi connectivity index (χ1n) is 10.2. The summed E-state index contributed by atoms with van der Waals surface area (Å²) in [6.07, 6.45) is 0.918. The van der Waals surface area contributed by atoms with Gasteiger partial charge in [-0.15, -0.1) is 0 Å². The summed E-state index contributed by atoms with van der Waals surface area (Å²) in [5.74, 6) is -0.215. The van der Waals surface area contributed by atoms with Gasteiger partial charge in [0.25, 0.3) is 5.91 Å². The van der Waals surface area contributed by atoms with Crippen molar-refractivity contribution in [2.75, 3.05) is 11.9 Å². The van der Waals surface area contributed by atoms with Crippen molar-refractivity contribution < 1.29 is 9.59 Å². The van der Waals surface area contributed by atoms with Gasteiger partial charge in [-0.3, -0.25) is 9.48 Å². The maximum atomic E-state index is 12.7. The molecule has 7 heteroatoms. The predicted octanol–water partition coefficient (Wildman–Crippen LogP) is 3.42. The Morgan fingerprint density at radius 3 is 2.60 bits per heavy atom. The second kappa shape index (κ2) is 8.82. The maximum absolute atomic E-state index is 12.7. The molecular formula is C23H25N5O2. The van der Waals surface area contributed by atoms with E-state index in [0.717, 1.165) is 23.4 Å². The Labute approximate surface area is 175 Å². The van der Waals surface area contributed by atoms with Crippen LogP contribution in [0.4, 0.5) is 10.5 Å². The molecule has 2 N–H and O–H groups in total. The summed E-state index contributed by atoms with van der Waals surface area (Å²) in [5.41, 5.74) is 4.22. The first kappa shape index (κ1) is 19.7. The number of benzene rings is 2. The van der Waals surface area contributed by atoms with Crippen LogP contribution >= 0.6 is 0 Å². The van der Waals surface area contributed by atoms with Crippen LogP contribution in [-0.2, 0) is 26.1 Å². The molecule has 3 aromatic rings. The Kier molecular flexibility index (Phi) is 5.79. The fourth-order valence-electron chi connectivity index (χ4n) is 3.49. The van der Waals surface area contributed by atoms with Crippen LogP contribution in [0.2, 0.25) is 0 Å². The molecular weight excluding hydrogens is 378 g/mol. The number of fused-ring (bicyclic) bond motifs is 1. The summed E-state index contributed by atoms with van der Waals surface area (Å²) in [7, 11) is 0. The third kappa shape index (κ3) is 4.51. The van der Waals surface area contributed by atoms with E-state index in [1.54, 1.807) is 15.6 Å². The number of amides is 3. The highest BCUT2D eigenvalue weighted by Gasteiger charge is 2.24. The van der Waals surface area contributed by atoms with Gasteiger partial charge in [0.05, 0.1) is 18.8 Å². The second-order valence-electron chi connectivity index (χ2n) is 7.32. The molecule has 1 aliphatic heterocycles. The van der Waals surface area contributed by atoms with Crippen LogP contribution in [0, 0.1) is 0 Å². The summed E-state index contributed by atoms with van der Waals surface area (Å²) in [4.78, 5) is 26.9. The molecule has 0 radical (unpaired) electrons. The topological polar surface area (TPSA) is 79.3 Å². The Hall–Kier alpha value is -3.61. The summed E-state index contributed by atoms with van der Waals surface area (Å²) >= 11 is 0. The highest BCUT2D eigenvalue weighted by Crippen LogP contribution is 2.17. The number of carbonyl (C=O) groups excluding carboxylic acids is 2. The van der Waals surface area contributed by atoms with Crippen LogP contribution in [0.5, 0.6) is 0 Å². The van der Waals surface area contributed by atoms with E-state index in [1.807, 2.05) is 54.6 Å². The van der Waals surface area contributed by atoms with Gasteiger partial charge in [0.15, 0.2) is 5.69 Å². The van der Waals surface area contributed by atoms with Gasteiger partial charge in [0.2, 0.25) is 0 Å². The number of hydrogen-bond acceptors (Lipinski definition) is 3. The molecule has 1 aliphatic rings. The summed E-state index contributed by atoms with van der Waals surface area (Å²) < 4.78 is 1.80. The van der Waals surface area contributed by atoms with Gasteiger partial charge in [-0.1, -0.05) is 49.4 Å². The number of anilines is 1. The first-order chi connectivity index (χ1) is 14.6. The number of hydrogen-bond donors (Lipinski definition) is 2. The van der Waals surface area contributed by atoms with Crippen LogP contribution in [0.3, 0.4) is 0 Å². The smallest absolute Gasteiger partial charge is 0.322 e. The highest BCUT2D eigenvalue weighted by atomic mass is 16.2. The molecule has 0 saturated heterocycles. The van der Waals surface area contributed by atoms with E-state index >= 15 is 0 Å². The van der Waals surface area contributed by atoms with E-state index in [1.165, 1.54) is 5.56 Å². The zero-order chi connectivity index (χ0) is 20.9. The van der Waals surface area contributed by atoms with Crippen molar-refractivity contribution in [1.29, 1.82) is 0 Å². The van der Waals surface area contributed by atoms with Gasteiger partial charge in [0, 0.05) is 18.8 Å². The number of rotatable bonds is 5. The molecule has 0 spiro atoms. The third-order valence-corrected chi connectivity index (χ3v) is 5.20. The Balaban J connectivity index is 1.37. The molecule has 154 valence electrons. The lowest BCUT2D eigenvalue weighted by Gasteiger charge is -2.27. The van der Waals surface area contributed by atoms with Gasteiger partial charge in [-0.05, 0) is 35.7 Å². The number of urea groups is 1. The second-order valence-corrected chi connectivity index (χ2v) is 7.32.